The van der Waals surface area contributed by atoms with Gasteiger partial charge < -0.3 is 24.3 Å². The number of nitrogens with zero attached hydrogens (tertiary/aromatic N) is 3. The molecule has 0 saturated heterocycles. The predicted molar refractivity (Wildman–Crippen MR) is 136 cm³/mol. The molecule has 0 radical (unpaired) electrons. The van der Waals surface area contributed by atoms with Crippen LogP contribution in [0.3, 0.4) is 0 Å². The third-order valence-electron chi connectivity index (χ3n) is 6.09. The second-order valence-corrected chi connectivity index (χ2v) is 8.49. The van der Waals surface area contributed by atoms with E-state index in [0.29, 0.717) is 22.5 Å². The summed E-state index contributed by atoms with van der Waals surface area (Å²) in [4.78, 5) is 6.48. The number of anilines is 2. The largest absolute Gasteiger partial charge is 0.619 e. The van der Waals surface area contributed by atoms with Crippen LogP contribution in [0.1, 0.15) is 22.6 Å². The average Bonchev–Trinajstić information content (AvgIpc) is 2.93. The third-order valence-corrected chi connectivity index (χ3v) is 6.09. The topological polar surface area (TPSA) is 70.8 Å². The lowest BCUT2D eigenvalue weighted by atomic mass is 9.86. The summed E-state index contributed by atoms with van der Waals surface area (Å²) in [6.45, 7) is -6.45. The van der Waals surface area contributed by atoms with E-state index in [4.69, 9.17) is 4.74 Å². The standard InChI is InChI=1S/C28H25F4N3O4/c1-34(21-5-7-22(37-2)8-6-21)26-10-4-20(17-33-26)23(15-18-11-13-35(36)14-12-18)19-3-9-24(38-27(29)30)25(16-19)39-28(31)32/h3-14,16-17,23,27-28H,15H2,1-2H3. The third kappa shape index (κ3) is 7.07. The number of rotatable bonds is 11. The van der Waals surface area contributed by atoms with Gasteiger partial charge in [0, 0.05) is 37.0 Å². The second kappa shape index (κ2) is 12.3. The molecule has 0 amide bonds. The van der Waals surface area contributed by atoms with Crippen molar-refractivity contribution < 1.29 is 36.5 Å². The minimum absolute atomic E-state index is 0.360. The zero-order valence-corrected chi connectivity index (χ0v) is 21.0. The Morgan fingerprint density at radius 1 is 0.846 bits per heavy atom. The molecule has 39 heavy (non-hydrogen) atoms. The lowest BCUT2D eigenvalue weighted by molar-refractivity contribution is -0.605. The normalized spacial score (nSPS) is 11.9. The van der Waals surface area contributed by atoms with Crippen molar-refractivity contribution >= 4 is 11.5 Å². The summed E-state index contributed by atoms with van der Waals surface area (Å²) in [6.07, 6.45) is 4.72. The summed E-state index contributed by atoms with van der Waals surface area (Å²) in [6, 6.07) is 18.3. The number of aromatic nitrogens is 2. The zero-order valence-electron chi connectivity index (χ0n) is 21.0. The Hall–Kier alpha value is -4.54. The molecule has 2 heterocycles. The summed E-state index contributed by atoms with van der Waals surface area (Å²) >= 11 is 0. The lowest BCUT2D eigenvalue weighted by Crippen LogP contribution is -2.24. The maximum atomic E-state index is 13.1. The molecule has 4 rings (SSSR count). The van der Waals surface area contributed by atoms with Crippen molar-refractivity contribution in [2.45, 2.75) is 25.6 Å². The van der Waals surface area contributed by atoms with Gasteiger partial charge in [0.1, 0.15) is 11.6 Å². The molecular weight excluding hydrogens is 518 g/mol. The molecule has 204 valence electrons. The van der Waals surface area contributed by atoms with Gasteiger partial charge in [-0.15, -0.1) is 0 Å². The Morgan fingerprint density at radius 2 is 1.49 bits per heavy atom. The first-order valence-electron chi connectivity index (χ1n) is 11.8. The summed E-state index contributed by atoms with van der Waals surface area (Å²) in [5.74, 6) is -0.0865. The van der Waals surface area contributed by atoms with Crippen LogP contribution in [0.15, 0.2) is 85.3 Å². The molecular formula is C28H25F4N3O4. The van der Waals surface area contributed by atoms with E-state index < -0.39 is 30.6 Å². The Morgan fingerprint density at radius 3 is 2.08 bits per heavy atom. The monoisotopic (exact) mass is 543 g/mol. The van der Waals surface area contributed by atoms with Gasteiger partial charge in [0.15, 0.2) is 23.9 Å². The molecule has 0 aliphatic rings. The van der Waals surface area contributed by atoms with Gasteiger partial charge in [-0.2, -0.15) is 22.3 Å². The predicted octanol–water partition coefficient (Wildman–Crippen LogP) is 6.07. The molecule has 0 N–H and O–H groups in total. The molecule has 4 aromatic rings. The van der Waals surface area contributed by atoms with Gasteiger partial charge >= 0.3 is 13.2 Å². The molecule has 0 aliphatic heterocycles. The van der Waals surface area contributed by atoms with E-state index in [1.807, 2.05) is 48.3 Å². The number of pyridine rings is 2. The molecule has 11 heteroatoms. The quantitative estimate of drug-likeness (QED) is 0.130. The van der Waals surface area contributed by atoms with Gasteiger partial charge in [-0.05, 0) is 65.6 Å². The van der Waals surface area contributed by atoms with Crippen LogP contribution in [-0.4, -0.2) is 32.4 Å². The molecule has 1 atom stereocenters. The number of hydrogen-bond donors (Lipinski definition) is 0. The first kappa shape index (κ1) is 27.5. The maximum absolute atomic E-state index is 13.1. The number of methoxy groups -OCH3 is 1. The van der Waals surface area contributed by atoms with E-state index in [1.165, 1.54) is 30.6 Å². The first-order valence-corrected chi connectivity index (χ1v) is 11.8. The van der Waals surface area contributed by atoms with Gasteiger partial charge in [-0.25, -0.2) is 4.98 Å². The highest BCUT2D eigenvalue weighted by atomic mass is 19.3. The lowest BCUT2D eigenvalue weighted by Gasteiger charge is -2.22. The fourth-order valence-electron chi connectivity index (χ4n) is 4.11. The smallest absolute Gasteiger partial charge is 0.387 e. The molecule has 2 aromatic heterocycles. The van der Waals surface area contributed by atoms with Gasteiger partial charge in [0.05, 0.1) is 7.11 Å². The van der Waals surface area contributed by atoms with Crippen LogP contribution in [0, 0.1) is 5.21 Å². The molecule has 7 nitrogen and oxygen atoms in total. The van der Waals surface area contributed by atoms with Crippen LogP contribution in [-0.2, 0) is 6.42 Å². The molecule has 0 spiro atoms. The Bertz CT molecular complexity index is 1360. The van der Waals surface area contributed by atoms with E-state index in [0.717, 1.165) is 22.6 Å². The van der Waals surface area contributed by atoms with Crippen LogP contribution >= 0.6 is 0 Å². The average molecular weight is 544 g/mol. The van der Waals surface area contributed by atoms with Crippen molar-refractivity contribution in [3.05, 3.63) is 107 Å². The minimum Gasteiger partial charge on any atom is -0.619 e. The van der Waals surface area contributed by atoms with Crippen molar-refractivity contribution in [1.82, 2.24) is 4.98 Å². The highest BCUT2D eigenvalue weighted by Crippen LogP contribution is 2.37. The van der Waals surface area contributed by atoms with Crippen LogP contribution in [0.4, 0.5) is 29.1 Å². The fourth-order valence-corrected chi connectivity index (χ4v) is 4.11. The van der Waals surface area contributed by atoms with E-state index in [9.17, 15) is 22.8 Å². The Kier molecular flexibility index (Phi) is 8.70. The van der Waals surface area contributed by atoms with Gasteiger partial charge in [0.25, 0.3) is 0 Å². The van der Waals surface area contributed by atoms with Crippen molar-refractivity contribution in [3.8, 4) is 17.2 Å². The minimum atomic E-state index is -3.24. The van der Waals surface area contributed by atoms with Crippen molar-refractivity contribution in [1.29, 1.82) is 0 Å². The van der Waals surface area contributed by atoms with Crippen molar-refractivity contribution in [3.63, 3.8) is 0 Å². The van der Waals surface area contributed by atoms with E-state index in [2.05, 4.69) is 14.5 Å². The SMILES string of the molecule is COc1ccc(N(C)c2ccc(C(Cc3cc[n+]([O-])cc3)c3ccc(OC(F)F)c(OC(F)F)c3)cn2)cc1. The molecule has 0 saturated carbocycles. The van der Waals surface area contributed by atoms with Gasteiger partial charge in [-0.1, -0.05) is 12.1 Å². The van der Waals surface area contributed by atoms with Crippen LogP contribution in [0.25, 0.3) is 0 Å². The molecule has 1 unspecified atom stereocenters. The number of benzene rings is 2. The van der Waals surface area contributed by atoms with Crippen LogP contribution in [0.2, 0.25) is 0 Å². The molecule has 0 aliphatic carbocycles. The number of ether oxygens (including phenoxy) is 3. The van der Waals surface area contributed by atoms with Crippen LogP contribution < -0.4 is 23.8 Å². The zero-order chi connectivity index (χ0) is 27.9. The van der Waals surface area contributed by atoms with E-state index >= 15 is 0 Å². The number of hydrogen-bond acceptors (Lipinski definition) is 6. The molecule has 2 aromatic carbocycles. The maximum Gasteiger partial charge on any atom is 0.387 e. The number of alkyl halides is 4. The Labute approximate surface area is 222 Å². The summed E-state index contributed by atoms with van der Waals surface area (Å²) in [5.41, 5.74) is 2.90. The van der Waals surface area contributed by atoms with Crippen LogP contribution in [0.5, 0.6) is 17.2 Å². The van der Waals surface area contributed by atoms with E-state index in [1.54, 1.807) is 25.4 Å². The fraction of sp³-hybridized carbons (Fsp3) is 0.214. The second-order valence-electron chi connectivity index (χ2n) is 8.49. The summed E-state index contributed by atoms with van der Waals surface area (Å²) in [5, 5.41) is 11.5. The molecule has 0 bridgehead atoms. The number of halogens is 4. The van der Waals surface area contributed by atoms with Crippen molar-refractivity contribution in [2.24, 2.45) is 0 Å². The molecule has 0 fully saturated rings. The highest BCUT2D eigenvalue weighted by Gasteiger charge is 2.22. The Balaban J connectivity index is 1.69. The van der Waals surface area contributed by atoms with Gasteiger partial charge in [-0.3, -0.25) is 0 Å². The van der Waals surface area contributed by atoms with Gasteiger partial charge in [0.2, 0.25) is 0 Å². The van der Waals surface area contributed by atoms with Crippen molar-refractivity contribution in [2.75, 3.05) is 19.1 Å². The summed E-state index contributed by atoms with van der Waals surface area (Å²) in [7, 11) is 3.45. The highest BCUT2D eigenvalue weighted by molar-refractivity contribution is 5.60. The van der Waals surface area contributed by atoms with E-state index in [-0.39, 0.29) is 0 Å². The first-order chi connectivity index (χ1) is 18.7. The summed E-state index contributed by atoms with van der Waals surface area (Å²) < 4.78 is 66.5.